The van der Waals surface area contributed by atoms with Crippen molar-refractivity contribution in [2.24, 2.45) is 0 Å². The van der Waals surface area contributed by atoms with Crippen LogP contribution in [0.25, 0.3) is 0 Å². The van der Waals surface area contributed by atoms with Gasteiger partial charge in [-0.2, -0.15) is 0 Å². The third kappa shape index (κ3) is 4.68. The van der Waals surface area contributed by atoms with Crippen LogP contribution in [-0.4, -0.2) is 28.6 Å². The predicted octanol–water partition coefficient (Wildman–Crippen LogP) is 3.82. The van der Waals surface area contributed by atoms with E-state index < -0.39 is 5.97 Å². The molecule has 0 bridgehead atoms. The summed E-state index contributed by atoms with van der Waals surface area (Å²) in [5.41, 5.74) is 1.12. The molecular formula is C14H17Cl2NO2. The van der Waals surface area contributed by atoms with E-state index in [9.17, 15) is 4.79 Å². The molecule has 1 N–H and O–H groups in total. The summed E-state index contributed by atoms with van der Waals surface area (Å²) < 4.78 is 0. The summed E-state index contributed by atoms with van der Waals surface area (Å²) in [5.74, 6) is -0.731. The zero-order chi connectivity index (χ0) is 13.8. The molecule has 0 unspecified atom stereocenters. The number of aliphatic carboxylic acids is 1. The molecule has 0 amide bonds. The van der Waals surface area contributed by atoms with Gasteiger partial charge in [-0.05, 0) is 43.5 Å². The second-order valence-electron chi connectivity index (χ2n) is 4.95. The van der Waals surface area contributed by atoms with Gasteiger partial charge in [0.2, 0.25) is 0 Å². The van der Waals surface area contributed by atoms with E-state index in [1.165, 1.54) is 12.8 Å². The molecule has 104 valence electrons. The molecular weight excluding hydrogens is 285 g/mol. The van der Waals surface area contributed by atoms with Gasteiger partial charge < -0.3 is 5.11 Å². The van der Waals surface area contributed by atoms with E-state index in [2.05, 4.69) is 4.90 Å². The van der Waals surface area contributed by atoms with Crippen molar-refractivity contribution in [2.75, 3.05) is 6.54 Å². The van der Waals surface area contributed by atoms with Crippen molar-refractivity contribution in [1.82, 2.24) is 4.90 Å². The zero-order valence-corrected chi connectivity index (χ0v) is 12.1. The fraction of sp³-hybridized carbons (Fsp3) is 0.500. The van der Waals surface area contributed by atoms with Crippen molar-refractivity contribution in [1.29, 1.82) is 0 Å². The largest absolute Gasteiger partial charge is 0.481 e. The van der Waals surface area contributed by atoms with Gasteiger partial charge in [0, 0.05) is 19.0 Å². The van der Waals surface area contributed by atoms with Crippen LogP contribution in [0.2, 0.25) is 10.0 Å². The van der Waals surface area contributed by atoms with Crippen LogP contribution in [-0.2, 0) is 11.3 Å². The summed E-state index contributed by atoms with van der Waals surface area (Å²) in [6.07, 6.45) is 3.32. The fourth-order valence-corrected chi connectivity index (χ4v) is 2.46. The lowest BCUT2D eigenvalue weighted by atomic mass is 10.2. The zero-order valence-electron chi connectivity index (χ0n) is 10.6. The molecule has 0 aliphatic heterocycles. The van der Waals surface area contributed by atoms with Gasteiger partial charge in [0.1, 0.15) is 0 Å². The highest BCUT2D eigenvalue weighted by atomic mass is 35.5. The number of rotatable bonds is 7. The van der Waals surface area contributed by atoms with Crippen LogP contribution in [0.5, 0.6) is 0 Å². The topological polar surface area (TPSA) is 40.5 Å². The average molecular weight is 302 g/mol. The molecule has 1 fully saturated rings. The molecule has 3 nitrogen and oxygen atoms in total. The first-order chi connectivity index (χ1) is 9.06. The van der Waals surface area contributed by atoms with Crippen molar-refractivity contribution >= 4 is 29.2 Å². The Labute approximate surface area is 123 Å². The number of carboxylic acid groups (broad SMARTS) is 1. The summed E-state index contributed by atoms with van der Waals surface area (Å²) in [4.78, 5) is 12.9. The number of carboxylic acids is 1. The Bertz CT molecular complexity index is 461. The molecule has 1 aliphatic carbocycles. The van der Waals surface area contributed by atoms with Crippen LogP contribution in [0.15, 0.2) is 18.2 Å². The maximum Gasteiger partial charge on any atom is 0.303 e. The number of hydrogen-bond donors (Lipinski definition) is 1. The minimum Gasteiger partial charge on any atom is -0.481 e. The van der Waals surface area contributed by atoms with Gasteiger partial charge in [-0.1, -0.05) is 29.3 Å². The Morgan fingerprint density at radius 3 is 2.63 bits per heavy atom. The Morgan fingerprint density at radius 1 is 1.32 bits per heavy atom. The first kappa shape index (κ1) is 14.6. The van der Waals surface area contributed by atoms with Gasteiger partial charge in [0.05, 0.1) is 10.0 Å². The number of halogens is 2. The van der Waals surface area contributed by atoms with Gasteiger partial charge in [0.25, 0.3) is 0 Å². The lowest BCUT2D eigenvalue weighted by Crippen LogP contribution is -2.27. The van der Waals surface area contributed by atoms with Gasteiger partial charge in [-0.3, -0.25) is 9.69 Å². The van der Waals surface area contributed by atoms with E-state index >= 15 is 0 Å². The summed E-state index contributed by atoms with van der Waals surface area (Å²) in [7, 11) is 0. The highest BCUT2D eigenvalue weighted by Gasteiger charge is 2.28. The summed E-state index contributed by atoms with van der Waals surface area (Å²) in [5, 5.41) is 9.82. The number of carbonyl (C=O) groups is 1. The smallest absolute Gasteiger partial charge is 0.303 e. The molecule has 2 rings (SSSR count). The SMILES string of the molecule is O=C(O)CCCN(Cc1ccc(Cl)c(Cl)c1)C1CC1. The maximum absolute atomic E-state index is 10.6. The van der Waals surface area contributed by atoms with E-state index in [0.29, 0.717) is 22.5 Å². The van der Waals surface area contributed by atoms with E-state index in [4.69, 9.17) is 28.3 Å². The van der Waals surface area contributed by atoms with Crippen LogP contribution in [0, 0.1) is 0 Å². The molecule has 0 atom stereocenters. The third-order valence-electron chi connectivity index (χ3n) is 3.27. The molecule has 19 heavy (non-hydrogen) atoms. The monoisotopic (exact) mass is 301 g/mol. The second-order valence-corrected chi connectivity index (χ2v) is 5.76. The third-order valence-corrected chi connectivity index (χ3v) is 4.01. The number of benzene rings is 1. The van der Waals surface area contributed by atoms with Gasteiger partial charge >= 0.3 is 5.97 Å². The second kappa shape index (κ2) is 6.60. The lowest BCUT2D eigenvalue weighted by Gasteiger charge is -2.22. The fourth-order valence-electron chi connectivity index (χ4n) is 2.14. The summed E-state index contributed by atoms with van der Waals surface area (Å²) in [6.45, 7) is 1.62. The molecule has 1 aromatic rings. The van der Waals surface area contributed by atoms with E-state index in [0.717, 1.165) is 18.7 Å². The quantitative estimate of drug-likeness (QED) is 0.832. The molecule has 0 heterocycles. The Morgan fingerprint density at radius 2 is 2.05 bits per heavy atom. The van der Waals surface area contributed by atoms with E-state index in [1.807, 2.05) is 18.2 Å². The van der Waals surface area contributed by atoms with Crippen LogP contribution in [0.1, 0.15) is 31.2 Å². The first-order valence-electron chi connectivity index (χ1n) is 6.46. The van der Waals surface area contributed by atoms with E-state index in [1.54, 1.807) is 0 Å². The molecule has 5 heteroatoms. The Kier molecular flexibility index (Phi) is 5.08. The van der Waals surface area contributed by atoms with Crippen molar-refractivity contribution in [3.63, 3.8) is 0 Å². The van der Waals surface area contributed by atoms with Crippen molar-refractivity contribution < 1.29 is 9.90 Å². The van der Waals surface area contributed by atoms with Crippen LogP contribution in [0.4, 0.5) is 0 Å². The maximum atomic E-state index is 10.6. The van der Waals surface area contributed by atoms with Gasteiger partial charge in [-0.15, -0.1) is 0 Å². The average Bonchev–Trinajstić information content (AvgIpc) is 3.16. The molecule has 0 saturated heterocycles. The van der Waals surface area contributed by atoms with Crippen LogP contribution >= 0.6 is 23.2 Å². The van der Waals surface area contributed by atoms with Crippen molar-refractivity contribution in [3.8, 4) is 0 Å². The lowest BCUT2D eigenvalue weighted by molar-refractivity contribution is -0.137. The highest BCUT2D eigenvalue weighted by Crippen LogP contribution is 2.30. The van der Waals surface area contributed by atoms with Gasteiger partial charge in [-0.25, -0.2) is 0 Å². The molecule has 0 radical (unpaired) electrons. The number of hydrogen-bond acceptors (Lipinski definition) is 2. The molecule has 0 aromatic heterocycles. The first-order valence-corrected chi connectivity index (χ1v) is 7.21. The normalized spacial score (nSPS) is 14.9. The van der Waals surface area contributed by atoms with Crippen LogP contribution in [0.3, 0.4) is 0 Å². The number of nitrogens with zero attached hydrogens (tertiary/aromatic N) is 1. The minimum absolute atomic E-state index is 0.227. The summed E-state index contributed by atoms with van der Waals surface area (Å²) in [6, 6.07) is 6.27. The Balaban J connectivity index is 1.92. The van der Waals surface area contributed by atoms with Crippen LogP contribution < -0.4 is 0 Å². The molecule has 1 aliphatic rings. The molecule has 0 spiro atoms. The van der Waals surface area contributed by atoms with Crippen molar-refractivity contribution in [2.45, 2.75) is 38.3 Å². The predicted molar refractivity (Wildman–Crippen MR) is 76.8 cm³/mol. The van der Waals surface area contributed by atoms with E-state index in [-0.39, 0.29) is 6.42 Å². The highest BCUT2D eigenvalue weighted by molar-refractivity contribution is 6.42. The van der Waals surface area contributed by atoms with Crippen molar-refractivity contribution in [3.05, 3.63) is 33.8 Å². The minimum atomic E-state index is -0.731. The molecule has 1 aromatic carbocycles. The standard InChI is InChI=1S/C14H17Cl2NO2/c15-12-6-3-10(8-13(12)16)9-17(11-4-5-11)7-1-2-14(18)19/h3,6,8,11H,1-2,4-5,7,9H2,(H,18,19). The van der Waals surface area contributed by atoms with Gasteiger partial charge in [0.15, 0.2) is 0 Å². The summed E-state index contributed by atoms with van der Waals surface area (Å²) >= 11 is 11.9. The molecule has 1 saturated carbocycles. The Hall–Kier alpha value is -0.770.